The molecule has 0 bridgehead atoms. The number of anilines is 4. The summed E-state index contributed by atoms with van der Waals surface area (Å²) in [5, 5.41) is 12.0. The number of hydrogen-bond acceptors (Lipinski definition) is 9. The maximum atomic E-state index is 11.7. The second kappa shape index (κ2) is 11.9. The summed E-state index contributed by atoms with van der Waals surface area (Å²) < 4.78 is 6.74. The molecule has 10 nitrogen and oxygen atoms in total. The van der Waals surface area contributed by atoms with E-state index in [-0.39, 0.29) is 23.9 Å². The number of piperazine rings is 1. The molecule has 1 saturated heterocycles. The largest absolute Gasteiger partial charge is 0.494 e. The van der Waals surface area contributed by atoms with Crippen molar-refractivity contribution in [1.29, 1.82) is 0 Å². The fourth-order valence-corrected chi connectivity index (χ4v) is 6.02. The number of carbonyl (C=O) groups is 2. The molecule has 3 N–H and O–H groups in total. The van der Waals surface area contributed by atoms with Crippen molar-refractivity contribution in [1.82, 2.24) is 20.2 Å². The van der Waals surface area contributed by atoms with E-state index in [2.05, 4.69) is 33.5 Å². The smallest absolute Gasteiger partial charge is 0.243 e. The fourth-order valence-electron chi connectivity index (χ4n) is 5.23. The average Bonchev–Trinajstić information content (AvgIpc) is 3.43. The minimum absolute atomic E-state index is 0.114. The molecule has 3 aromatic rings. The summed E-state index contributed by atoms with van der Waals surface area (Å²) in [6, 6.07) is 8.51. The highest BCUT2D eigenvalue weighted by Crippen LogP contribution is 2.34. The number of rotatable bonds is 8. The Labute approximate surface area is 232 Å². The summed E-state index contributed by atoms with van der Waals surface area (Å²) in [6.07, 6.45) is 5.03. The minimum Gasteiger partial charge on any atom is -0.494 e. The lowest BCUT2D eigenvalue weighted by atomic mass is 9.91. The van der Waals surface area contributed by atoms with Crippen LogP contribution in [0.4, 0.5) is 23.1 Å². The van der Waals surface area contributed by atoms with Crippen LogP contribution >= 0.6 is 11.3 Å². The van der Waals surface area contributed by atoms with Gasteiger partial charge in [0.25, 0.3) is 0 Å². The van der Waals surface area contributed by atoms with Crippen molar-refractivity contribution >= 4 is 56.5 Å². The summed E-state index contributed by atoms with van der Waals surface area (Å²) >= 11 is 1.62. The molecule has 11 heteroatoms. The van der Waals surface area contributed by atoms with E-state index in [9.17, 15) is 9.59 Å². The number of fused-ring (bicyclic) bond motifs is 1. The normalized spacial score (nSPS) is 19.4. The second-order valence-corrected chi connectivity index (χ2v) is 10.9. The highest BCUT2D eigenvalue weighted by Gasteiger charge is 2.24. The molecule has 2 aromatic heterocycles. The first kappa shape index (κ1) is 26.7. The van der Waals surface area contributed by atoms with Gasteiger partial charge in [-0.15, -0.1) is 11.3 Å². The van der Waals surface area contributed by atoms with E-state index in [1.54, 1.807) is 25.4 Å². The molecular formula is C28H35N7O3S. The van der Waals surface area contributed by atoms with Crippen molar-refractivity contribution in [3.63, 3.8) is 0 Å². The molecule has 0 unspecified atom stereocenters. The Morgan fingerprint density at radius 2 is 1.82 bits per heavy atom. The Kier molecular flexibility index (Phi) is 8.16. The monoisotopic (exact) mass is 549 g/mol. The molecule has 2 fully saturated rings. The van der Waals surface area contributed by atoms with Crippen LogP contribution in [0.5, 0.6) is 5.75 Å². The molecule has 2 aliphatic rings. The van der Waals surface area contributed by atoms with Gasteiger partial charge in [-0.1, -0.05) is 6.58 Å². The van der Waals surface area contributed by atoms with E-state index >= 15 is 0 Å². The van der Waals surface area contributed by atoms with E-state index < -0.39 is 0 Å². The number of nitrogens with one attached hydrogen (secondary N) is 3. The van der Waals surface area contributed by atoms with Gasteiger partial charge < -0.3 is 30.5 Å². The van der Waals surface area contributed by atoms with Gasteiger partial charge in [0.1, 0.15) is 11.6 Å². The Morgan fingerprint density at radius 3 is 2.51 bits per heavy atom. The van der Waals surface area contributed by atoms with Gasteiger partial charge in [-0.25, -0.2) is 4.98 Å². The lowest BCUT2D eigenvalue weighted by molar-refractivity contribution is -0.129. The van der Waals surface area contributed by atoms with E-state index in [1.807, 2.05) is 28.5 Å². The lowest BCUT2D eigenvalue weighted by Gasteiger charge is -2.35. The number of thiophene rings is 1. The first-order valence-electron chi connectivity index (χ1n) is 13.3. The zero-order chi connectivity index (χ0) is 27.4. The van der Waals surface area contributed by atoms with Gasteiger partial charge in [0.05, 0.1) is 23.0 Å². The van der Waals surface area contributed by atoms with E-state index in [0.717, 1.165) is 66.2 Å². The Bertz CT molecular complexity index is 1340. The van der Waals surface area contributed by atoms with Crippen molar-refractivity contribution in [2.45, 2.75) is 44.7 Å². The topological polar surface area (TPSA) is 112 Å². The van der Waals surface area contributed by atoms with Crippen LogP contribution in [0.25, 0.3) is 10.2 Å². The molecule has 1 aromatic carbocycles. The molecule has 1 saturated carbocycles. The standard InChI is InChI=1S/C28H35N7O3S/c1-4-25(37)29-19-5-7-20(8-6-19)30-27-26-23(11-16-39-26)32-28(33-27)31-22-10-9-21(17-24(22)38-3)35-14-12-34(13-15-35)18(2)36/h4,9-11,16-17,19-20H,1,5-8,12-15H2,2-3H3,(H,29,37)(H2,30,31,32,33)/t19-,20+. The van der Waals surface area contributed by atoms with Crippen LogP contribution in [-0.2, 0) is 9.59 Å². The summed E-state index contributed by atoms with van der Waals surface area (Å²) in [7, 11) is 1.65. The summed E-state index contributed by atoms with van der Waals surface area (Å²) in [5.74, 6) is 2.02. The van der Waals surface area contributed by atoms with Crippen molar-refractivity contribution < 1.29 is 14.3 Å². The van der Waals surface area contributed by atoms with Crippen molar-refractivity contribution in [3.8, 4) is 5.75 Å². The van der Waals surface area contributed by atoms with Crippen molar-refractivity contribution in [2.75, 3.05) is 48.8 Å². The van der Waals surface area contributed by atoms with E-state index in [4.69, 9.17) is 14.7 Å². The van der Waals surface area contributed by atoms with Gasteiger partial charge in [-0.3, -0.25) is 9.59 Å². The Morgan fingerprint density at radius 1 is 1.08 bits per heavy atom. The zero-order valence-corrected chi connectivity index (χ0v) is 23.2. The number of hydrogen-bond donors (Lipinski definition) is 3. The van der Waals surface area contributed by atoms with Gasteiger partial charge in [0.2, 0.25) is 17.8 Å². The van der Waals surface area contributed by atoms with Crippen molar-refractivity contribution in [3.05, 3.63) is 42.3 Å². The second-order valence-electron chi connectivity index (χ2n) is 9.94. The molecule has 1 aliphatic heterocycles. The molecule has 1 aliphatic carbocycles. The lowest BCUT2D eigenvalue weighted by Crippen LogP contribution is -2.48. The van der Waals surface area contributed by atoms with Crippen molar-refractivity contribution in [2.24, 2.45) is 0 Å². The number of methoxy groups -OCH3 is 1. The molecule has 0 atom stereocenters. The van der Waals surface area contributed by atoms with Crippen LogP contribution in [0.2, 0.25) is 0 Å². The van der Waals surface area contributed by atoms with Gasteiger partial charge in [-0.05, 0) is 55.3 Å². The minimum atomic E-state index is -0.114. The number of ether oxygens (including phenoxy) is 1. The Hall–Kier alpha value is -3.86. The molecular weight excluding hydrogens is 514 g/mol. The SMILES string of the molecule is C=CC(=O)N[C@H]1CC[C@@H](Nc2nc(Nc3ccc(N4CCN(C(C)=O)CC4)cc3OC)nc3ccsc23)CC1. The first-order chi connectivity index (χ1) is 18.9. The molecule has 0 spiro atoms. The molecule has 5 rings (SSSR count). The van der Waals surface area contributed by atoms with Gasteiger partial charge >= 0.3 is 0 Å². The fraction of sp³-hybridized carbons (Fsp3) is 0.429. The number of nitrogens with zero attached hydrogens (tertiary/aromatic N) is 4. The maximum absolute atomic E-state index is 11.7. The van der Waals surface area contributed by atoms with Crippen LogP contribution in [0.15, 0.2) is 42.3 Å². The predicted molar refractivity (Wildman–Crippen MR) is 156 cm³/mol. The van der Waals surface area contributed by atoms with Crippen LogP contribution in [0, 0.1) is 0 Å². The van der Waals surface area contributed by atoms with Gasteiger partial charge in [-0.2, -0.15) is 4.98 Å². The number of carbonyl (C=O) groups excluding carboxylic acids is 2. The van der Waals surface area contributed by atoms with Gasteiger partial charge in [0.15, 0.2) is 0 Å². The molecule has 3 heterocycles. The zero-order valence-electron chi connectivity index (χ0n) is 22.4. The quantitative estimate of drug-likeness (QED) is 0.360. The third-order valence-corrected chi connectivity index (χ3v) is 8.34. The molecule has 206 valence electrons. The van der Waals surface area contributed by atoms with Crippen LogP contribution in [-0.4, -0.2) is 72.1 Å². The Balaban J connectivity index is 1.29. The highest BCUT2D eigenvalue weighted by molar-refractivity contribution is 7.17. The summed E-state index contributed by atoms with van der Waals surface area (Å²) in [6.45, 7) is 8.15. The van der Waals surface area contributed by atoms with Crippen LogP contribution < -0.4 is 25.6 Å². The van der Waals surface area contributed by atoms with Crippen LogP contribution in [0.1, 0.15) is 32.6 Å². The third kappa shape index (κ3) is 6.25. The third-order valence-electron chi connectivity index (χ3n) is 7.43. The molecule has 0 radical (unpaired) electrons. The van der Waals surface area contributed by atoms with E-state index in [1.165, 1.54) is 6.08 Å². The van der Waals surface area contributed by atoms with Gasteiger partial charge in [0, 0.05) is 56.9 Å². The average molecular weight is 550 g/mol. The highest BCUT2D eigenvalue weighted by atomic mass is 32.1. The predicted octanol–water partition coefficient (Wildman–Crippen LogP) is 4.14. The molecule has 2 amide bonds. The first-order valence-corrected chi connectivity index (χ1v) is 14.2. The summed E-state index contributed by atoms with van der Waals surface area (Å²) in [4.78, 5) is 37.0. The number of amides is 2. The van der Waals surface area contributed by atoms with Crippen LogP contribution in [0.3, 0.4) is 0 Å². The molecule has 39 heavy (non-hydrogen) atoms. The maximum Gasteiger partial charge on any atom is 0.243 e. The number of aromatic nitrogens is 2. The number of benzene rings is 1. The summed E-state index contributed by atoms with van der Waals surface area (Å²) in [5.41, 5.74) is 2.71. The van der Waals surface area contributed by atoms with E-state index in [0.29, 0.717) is 24.8 Å².